The third-order valence-corrected chi connectivity index (χ3v) is 5.39. The zero-order valence-electron chi connectivity index (χ0n) is 18.1. The van der Waals surface area contributed by atoms with E-state index >= 15 is 0 Å². The van der Waals surface area contributed by atoms with Gasteiger partial charge in [0.25, 0.3) is 5.91 Å². The summed E-state index contributed by atoms with van der Waals surface area (Å²) in [4.78, 5) is 20.9. The highest BCUT2D eigenvalue weighted by molar-refractivity contribution is 5.94. The van der Waals surface area contributed by atoms with E-state index in [1.165, 1.54) is 0 Å². The molecule has 0 bridgehead atoms. The molecule has 162 valence electrons. The lowest BCUT2D eigenvalue weighted by molar-refractivity contribution is 0.0745. The lowest BCUT2D eigenvalue weighted by atomic mass is 10.1. The van der Waals surface area contributed by atoms with Crippen molar-refractivity contribution in [1.82, 2.24) is 9.88 Å². The molecule has 0 N–H and O–H groups in total. The number of oxazole rings is 1. The van der Waals surface area contributed by atoms with Crippen LogP contribution < -0.4 is 9.64 Å². The molecule has 1 saturated heterocycles. The first-order valence-corrected chi connectivity index (χ1v) is 10.4. The minimum absolute atomic E-state index is 0.0227. The molecule has 0 radical (unpaired) electrons. The highest BCUT2D eigenvalue weighted by Crippen LogP contribution is 2.25. The average Bonchev–Trinajstić information content (AvgIpc) is 3.26. The van der Waals surface area contributed by atoms with Crippen molar-refractivity contribution in [1.29, 1.82) is 5.26 Å². The Morgan fingerprint density at radius 1 is 1.12 bits per heavy atom. The normalized spacial score (nSPS) is 13.9. The molecule has 2 aromatic carbocycles. The SMILES string of the molecule is COc1ccc(/C=C/c2nc(C#N)c(N3CCN(C(=O)c4cccc(C)c4)CC3)o2)cc1. The fourth-order valence-corrected chi connectivity index (χ4v) is 3.64. The van der Waals surface area contributed by atoms with Gasteiger partial charge >= 0.3 is 0 Å². The van der Waals surface area contributed by atoms with Crippen molar-refractivity contribution in [2.75, 3.05) is 38.2 Å². The zero-order chi connectivity index (χ0) is 22.5. The van der Waals surface area contributed by atoms with Gasteiger partial charge in [0, 0.05) is 37.8 Å². The van der Waals surface area contributed by atoms with Crippen LogP contribution in [-0.4, -0.2) is 49.1 Å². The van der Waals surface area contributed by atoms with Crippen LogP contribution in [0.25, 0.3) is 12.2 Å². The Morgan fingerprint density at radius 3 is 2.53 bits per heavy atom. The minimum Gasteiger partial charge on any atom is -0.497 e. The monoisotopic (exact) mass is 428 g/mol. The molecule has 0 atom stereocenters. The number of nitriles is 1. The van der Waals surface area contributed by atoms with Gasteiger partial charge in [-0.3, -0.25) is 4.79 Å². The number of piperazine rings is 1. The summed E-state index contributed by atoms with van der Waals surface area (Å²) in [5.41, 5.74) is 2.97. The number of aromatic nitrogens is 1. The Bertz CT molecular complexity index is 1170. The van der Waals surface area contributed by atoms with Crippen molar-refractivity contribution in [2.24, 2.45) is 0 Å². The van der Waals surface area contributed by atoms with Crippen molar-refractivity contribution in [3.8, 4) is 11.8 Å². The van der Waals surface area contributed by atoms with Crippen molar-refractivity contribution in [3.63, 3.8) is 0 Å². The summed E-state index contributed by atoms with van der Waals surface area (Å²) in [6.07, 6.45) is 3.61. The summed E-state index contributed by atoms with van der Waals surface area (Å²) >= 11 is 0. The predicted molar refractivity (Wildman–Crippen MR) is 122 cm³/mol. The van der Waals surface area contributed by atoms with E-state index in [9.17, 15) is 10.1 Å². The number of carbonyl (C=O) groups is 1. The zero-order valence-corrected chi connectivity index (χ0v) is 18.1. The van der Waals surface area contributed by atoms with E-state index in [1.54, 1.807) is 13.2 Å². The van der Waals surface area contributed by atoms with Crippen molar-refractivity contribution in [3.05, 3.63) is 76.8 Å². The van der Waals surface area contributed by atoms with E-state index in [0.29, 0.717) is 43.5 Å². The molecule has 0 unspecified atom stereocenters. The van der Waals surface area contributed by atoms with Crippen molar-refractivity contribution < 1.29 is 13.9 Å². The highest BCUT2D eigenvalue weighted by atomic mass is 16.5. The number of aryl methyl sites for hydroxylation is 1. The summed E-state index contributed by atoms with van der Waals surface area (Å²) in [5.74, 6) is 1.62. The molecule has 4 rings (SSSR count). The van der Waals surface area contributed by atoms with Gasteiger partial charge in [0.15, 0.2) is 0 Å². The van der Waals surface area contributed by atoms with Gasteiger partial charge in [0.05, 0.1) is 7.11 Å². The lowest BCUT2D eigenvalue weighted by Crippen LogP contribution is -2.48. The van der Waals surface area contributed by atoms with Crippen LogP contribution >= 0.6 is 0 Å². The summed E-state index contributed by atoms with van der Waals surface area (Å²) in [6, 6.07) is 17.3. The summed E-state index contributed by atoms with van der Waals surface area (Å²) < 4.78 is 11.0. The number of nitrogens with zero attached hydrogens (tertiary/aromatic N) is 4. The first-order chi connectivity index (χ1) is 15.6. The summed E-state index contributed by atoms with van der Waals surface area (Å²) in [5, 5.41) is 9.52. The maximum atomic E-state index is 12.8. The fourth-order valence-electron chi connectivity index (χ4n) is 3.64. The Labute approximate surface area is 187 Å². The number of anilines is 1. The van der Waals surface area contributed by atoms with Gasteiger partial charge in [-0.05, 0) is 42.8 Å². The van der Waals surface area contributed by atoms with Gasteiger partial charge < -0.3 is 19.0 Å². The van der Waals surface area contributed by atoms with E-state index in [2.05, 4.69) is 11.1 Å². The molecule has 0 saturated carbocycles. The molecule has 1 aromatic heterocycles. The molecule has 3 aromatic rings. The number of hydrogen-bond acceptors (Lipinski definition) is 6. The molecular formula is C25H24N4O3. The Kier molecular flexibility index (Phi) is 6.22. The van der Waals surface area contributed by atoms with Crippen LogP contribution in [0, 0.1) is 18.3 Å². The van der Waals surface area contributed by atoms with Crippen LogP contribution in [0.4, 0.5) is 5.88 Å². The van der Waals surface area contributed by atoms with E-state index in [4.69, 9.17) is 9.15 Å². The van der Waals surface area contributed by atoms with Gasteiger partial charge in [-0.1, -0.05) is 29.8 Å². The van der Waals surface area contributed by atoms with Crippen LogP contribution in [0.5, 0.6) is 5.75 Å². The van der Waals surface area contributed by atoms with Crippen LogP contribution in [0.3, 0.4) is 0 Å². The van der Waals surface area contributed by atoms with Gasteiger partial charge in [0.2, 0.25) is 17.5 Å². The first-order valence-electron chi connectivity index (χ1n) is 10.4. The maximum absolute atomic E-state index is 12.8. The lowest BCUT2D eigenvalue weighted by Gasteiger charge is -2.34. The molecule has 7 nitrogen and oxygen atoms in total. The van der Waals surface area contributed by atoms with E-state index in [-0.39, 0.29) is 11.6 Å². The third kappa shape index (κ3) is 4.65. The molecule has 1 aliphatic heterocycles. The molecular weight excluding hydrogens is 404 g/mol. The number of hydrogen-bond donors (Lipinski definition) is 0. The van der Waals surface area contributed by atoms with Crippen molar-refractivity contribution >= 4 is 23.9 Å². The van der Waals surface area contributed by atoms with E-state index in [1.807, 2.05) is 71.3 Å². The quantitative estimate of drug-likeness (QED) is 0.611. The molecule has 1 amide bonds. The van der Waals surface area contributed by atoms with Crippen LogP contribution in [-0.2, 0) is 0 Å². The molecule has 0 spiro atoms. The number of benzene rings is 2. The number of amides is 1. The van der Waals surface area contributed by atoms with E-state index in [0.717, 1.165) is 16.9 Å². The van der Waals surface area contributed by atoms with E-state index < -0.39 is 0 Å². The number of rotatable bonds is 5. The minimum atomic E-state index is 0.0227. The van der Waals surface area contributed by atoms with Gasteiger partial charge in [-0.2, -0.15) is 10.2 Å². The predicted octanol–water partition coefficient (Wildman–Crippen LogP) is 4.00. The summed E-state index contributed by atoms with van der Waals surface area (Å²) in [6.45, 7) is 4.22. The number of ether oxygens (including phenoxy) is 1. The third-order valence-electron chi connectivity index (χ3n) is 5.39. The molecule has 1 fully saturated rings. The fraction of sp³-hybridized carbons (Fsp3) is 0.240. The standard InChI is InChI=1S/C25H24N4O3/c1-18-4-3-5-20(16-18)24(30)28-12-14-29(15-13-28)25-22(17-26)27-23(32-25)11-8-19-6-9-21(31-2)10-7-19/h3-11,16H,12-15H2,1-2H3/b11-8+. The topological polar surface area (TPSA) is 82.6 Å². The number of carbonyl (C=O) groups excluding carboxylic acids is 1. The van der Waals surface area contributed by atoms with Gasteiger partial charge in [0.1, 0.15) is 11.8 Å². The largest absolute Gasteiger partial charge is 0.497 e. The van der Waals surface area contributed by atoms with Crippen LogP contribution in [0.15, 0.2) is 52.9 Å². The summed E-state index contributed by atoms with van der Waals surface area (Å²) in [7, 11) is 1.63. The van der Waals surface area contributed by atoms with Crippen LogP contribution in [0.1, 0.15) is 33.1 Å². The Hall–Kier alpha value is -4.05. The molecule has 2 heterocycles. The Morgan fingerprint density at radius 2 is 1.88 bits per heavy atom. The highest BCUT2D eigenvalue weighted by Gasteiger charge is 2.26. The molecule has 0 aliphatic carbocycles. The second kappa shape index (κ2) is 9.40. The second-order valence-electron chi connectivity index (χ2n) is 7.57. The van der Waals surface area contributed by atoms with Crippen LogP contribution in [0.2, 0.25) is 0 Å². The van der Waals surface area contributed by atoms with Gasteiger partial charge in [-0.15, -0.1) is 0 Å². The second-order valence-corrected chi connectivity index (χ2v) is 7.57. The molecule has 7 heteroatoms. The van der Waals surface area contributed by atoms with Crippen molar-refractivity contribution in [2.45, 2.75) is 6.92 Å². The molecule has 32 heavy (non-hydrogen) atoms. The maximum Gasteiger partial charge on any atom is 0.253 e. The first kappa shape index (κ1) is 21.2. The number of methoxy groups -OCH3 is 1. The molecule has 1 aliphatic rings. The van der Waals surface area contributed by atoms with Gasteiger partial charge in [-0.25, -0.2) is 0 Å². The Balaban J connectivity index is 1.43. The smallest absolute Gasteiger partial charge is 0.253 e. The average molecular weight is 428 g/mol.